The van der Waals surface area contributed by atoms with Crippen molar-refractivity contribution in [2.75, 3.05) is 18.4 Å². The van der Waals surface area contributed by atoms with E-state index >= 15 is 0 Å². The second-order valence-corrected chi connectivity index (χ2v) is 4.37. The van der Waals surface area contributed by atoms with Crippen molar-refractivity contribution in [1.82, 2.24) is 4.90 Å². The molecule has 100 valence electrons. The summed E-state index contributed by atoms with van der Waals surface area (Å²) in [5.74, 6) is -0.370. The molecule has 1 aromatic carbocycles. The van der Waals surface area contributed by atoms with Crippen molar-refractivity contribution in [1.29, 1.82) is 0 Å². The van der Waals surface area contributed by atoms with Crippen LogP contribution in [0.2, 0.25) is 0 Å². The lowest BCUT2D eigenvalue weighted by molar-refractivity contribution is 0.196. The summed E-state index contributed by atoms with van der Waals surface area (Å²) in [6.45, 7) is 5.00. The van der Waals surface area contributed by atoms with Crippen LogP contribution < -0.4 is 11.1 Å². The van der Waals surface area contributed by atoms with Gasteiger partial charge in [0, 0.05) is 18.3 Å². The fraction of sp³-hybridized carbons (Fsp3) is 0.462. The zero-order chi connectivity index (χ0) is 13.5. The SMILES string of the molecule is CC(C)N(CCCN)C(=O)Nc1cccc(F)c1. The van der Waals surface area contributed by atoms with E-state index in [9.17, 15) is 9.18 Å². The van der Waals surface area contributed by atoms with Crippen molar-refractivity contribution in [3.63, 3.8) is 0 Å². The van der Waals surface area contributed by atoms with Gasteiger partial charge in [0.25, 0.3) is 0 Å². The van der Waals surface area contributed by atoms with Crippen molar-refractivity contribution < 1.29 is 9.18 Å². The van der Waals surface area contributed by atoms with Crippen LogP contribution in [-0.2, 0) is 0 Å². The smallest absolute Gasteiger partial charge is 0.322 e. The van der Waals surface area contributed by atoms with Gasteiger partial charge in [-0.05, 0) is 45.0 Å². The highest BCUT2D eigenvalue weighted by atomic mass is 19.1. The minimum atomic E-state index is -0.370. The molecule has 0 unspecified atom stereocenters. The highest BCUT2D eigenvalue weighted by Crippen LogP contribution is 2.11. The molecule has 0 saturated carbocycles. The van der Waals surface area contributed by atoms with Crippen molar-refractivity contribution in [3.05, 3.63) is 30.1 Å². The summed E-state index contributed by atoms with van der Waals surface area (Å²) in [5, 5.41) is 2.68. The molecule has 0 fully saturated rings. The first-order chi connectivity index (χ1) is 8.54. The summed E-state index contributed by atoms with van der Waals surface area (Å²) in [6.07, 6.45) is 0.745. The first-order valence-electron chi connectivity index (χ1n) is 6.08. The third-order valence-corrected chi connectivity index (χ3v) is 2.56. The van der Waals surface area contributed by atoms with E-state index < -0.39 is 0 Å². The molecular weight excluding hydrogens is 233 g/mol. The molecule has 1 aromatic rings. The summed E-state index contributed by atoms with van der Waals surface area (Å²) in [5.41, 5.74) is 5.90. The normalized spacial score (nSPS) is 10.5. The topological polar surface area (TPSA) is 58.4 Å². The number of carbonyl (C=O) groups is 1. The first kappa shape index (κ1) is 14.4. The van der Waals surface area contributed by atoms with Crippen LogP contribution in [0.4, 0.5) is 14.9 Å². The number of anilines is 1. The van der Waals surface area contributed by atoms with Gasteiger partial charge in [-0.15, -0.1) is 0 Å². The number of nitrogens with one attached hydrogen (secondary N) is 1. The molecule has 18 heavy (non-hydrogen) atoms. The Labute approximate surface area is 107 Å². The fourth-order valence-corrected chi connectivity index (χ4v) is 1.62. The predicted octanol–water partition coefficient (Wildman–Crippen LogP) is 2.42. The van der Waals surface area contributed by atoms with Gasteiger partial charge < -0.3 is 16.0 Å². The molecule has 2 amide bonds. The van der Waals surface area contributed by atoms with Crippen LogP contribution in [0.15, 0.2) is 24.3 Å². The van der Waals surface area contributed by atoms with Crippen LogP contribution in [0, 0.1) is 5.82 Å². The number of halogens is 1. The van der Waals surface area contributed by atoms with Gasteiger partial charge in [0.05, 0.1) is 0 Å². The Morgan fingerprint density at radius 1 is 1.50 bits per heavy atom. The van der Waals surface area contributed by atoms with E-state index in [2.05, 4.69) is 5.32 Å². The van der Waals surface area contributed by atoms with E-state index in [0.29, 0.717) is 18.8 Å². The minimum Gasteiger partial charge on any atom is -0.330 e. The van der Waals surface area contributed by atoms with Gasteiger partial charge in [0.15, 0.2) is 0 Å². The number of benzene rings is 1. The number of hydrogen-bond acceptors (Lipinski definition) is 2. The van der Waals surface area contributed by atoms with Crippen LogP contribution in [-0.4, -0.2) is 30.1 Å². The molecule has 0 aliphatic rings. The van der Waals surface area contributed by atoms with Crippen molar-refractivity contribution >= 4 is 11.7 Å². The molecule has 3 N–H and O–H groups in total. The number of hydrogen-bond donors (Lipinski definition) is 2. The Kier molecular flexibility index (Phi) is 5.58. The third kappa shape index (κ3) is 4.33. The number of urea groups is 1. The summed E-state index contributed by atoms with van der Waals surface area (Å²) >= 11 is 0. The van der Waals surface area contributed by atoms with Crippen molar-refractivity contribution in [2.24, 2.45) is 5.73 Å². The summed E-state index contributed by atoms with van der Waals surface area (Å²) in [7, 11) is 0. The lowest BCUT2D eigenvalue weighted by Gasteiger charge is -2.26. The maximum atomic E-state index is 13.0. The van der Waals surface area contributed by atoms with E-state index in [1.54, 1.807) is 17.0 Å². The van der Waals surface area contributed by atoms with Crippen molar-refractivity contribution in [3.8, 4) is 0 Å². The van der Waals surface area contributed by atoms with Crippen LogP contribution in [0.1, 0.15) is 20.3 Å². The molecule has 5 heteroatoms. The third-order valence-electron chi connectivity index (χ3n) is 2.56. The average Bonchev–Trinajstić information content (AvgIpc) is 2.29. The average molecular weight is 253 g/mol. The Bertz CT molecular complexity index is 396. The monoisotopic (exact) mass is 253 g/mol. The molecule has 0 aliphatic carbocycles. The van der Waals surface area contributed by atoms with Gasteiger partial charge in [-0.25, -0.2) is 9.18 Å². The molecule has 0 aromatic heterocycles. The lowest BCUT2D eigenvalue weighted by atomic mass is 10.3. The fourth-order valence-electron chi connectivity index (χ4n) is 1.62. The van der Waals surface area contributed by atoms with E-state index in [-0.39, 0.29) is 17.9 Å². The predicted molar refractivity (Wildman–Crippen MR) is 70.9 cm³/mol. The Balaban J connectivity index is 2.66. The highest BCUT2D eigenvalue weighted by Gasteiger charge is 2.16. The molecule has 0 atom stereocenters. The summed E-state index contributed by atoms with van der Waals surface area (Å²) < 4.78 is 13.0. The van der Waals surface area contributed by atoms with E-state index in [1.165, 1.54) is 12.1 Å². The second-order valence-electron chi connectivity index (χ2n) is 4.37. The zero-order valence-corrected chi connectivity index (χ0v) is 10.8. The lowest BCUT2D eigenvalue weighted by Crippen LogP contribution is -2.41. The number of nitrogens with zero attached hydrogens (tertiary/aromatic N) is 1. The number of nitrogens with two attached hydrogens (primary N) is 1. The zero-order valence-electron chi connectivity index (χ0n) is 10.8. The van der Waals surface area contributed by atoms with Gasteiger partial charge in [0.1, 0.15) is 5.82 Å². The molecule has 1 rings (SSSR count). The molecule has 0 spiro atoms. The second kappa shape index (κ2) is 6.96. The maximum absolute atomic E-state index is 13.0. The molecular formula is C13H20FN3O. The molecule has 0 bridgehead atoms. The number of amides is 2. The quantitative estimate of drug-likeness (QED) is 0.846. The van der Waals surface area contributed by atoms with Gasteiger partial charge in [-0.1, -0.05) is 6.07 Å². The molecule has 0 aliphatic heterocycles. The summed E-state index contributed by atoms with van der Waals surface area (Å²) in [6, 6.07) is 5.69. The van der Waals surface area contributed by atoms with E-state index in [1.807, 2.05) is 13.8 Å². The van der Waals surface area contributed by atoms with Gasteiger partial charge in [-0.2, -0.15) is 0 Å². The first-order valence-corrected chi connectivity index (χ1v) is 6.08. The van der Waals surface area contributed by atoms with Crippen LogP contribution in [0.5, 0.6) is 0 Å². The van der Waals surface area contributed by atoms with Crippen LogP contribution >= 0.6 is 0 Å². The van der Waals surface area contributed by atoms with Crippen molar-refractivity contribution in [2.45, 2.75) is 26.3 Å². The van der Waals surface area contributed by atoms with Crippen LogP contribution in [0.25, 0.3) is 0 Å². The van der Waals surface area contributed by atoms with E-state index in [0.717, 1.165) is 6.42 Å². The minimum absolute atomic E-state index is 0.0742. The molecule has 0 radical (unpaired) electrons. The Morgan fingerprint density at radius 2 is 2.22 bits per heavy atom. The largest absolute Gasteiger partial charge is 0.330 e. The standard InChI is InChI=1S/C13H20FN3O/c1-10(2)17(8-4-7-15)13(18)16-12-6-3-5-11(14)9-12/h3,5-6,9-10H,4,7-8,15H2,1-2H3,(H,16,18). The Morgan fingerprint density at radius 3 is 2.78 bits per heavy atom. The van der Waals surface area contributed by atoms with Gasteiger partial charge in [-0.3, -0.25) is 0 Å². The maximum Gasteiger partial charge on any atom is 0.322 e. The number of rotatable bonds is 5. The molecule has 0 heterocycles. The molecule has 4 nitrogen and oxygen atoms in total. The van der Waals surface area contributed by atoms with Gasteiger partial charge >= 0.3 is 6.03 Å². The summed E-state index contributed by atoms with van der Waals surface area (Å²) in [4.78, 5) is 13.7. The van der Waals surface area contributed by atoms with E-state index in [4.69, 9.17) is 5.73 Å². The highest BCUT2D eigenvalue weighted by molar-refractivity contribution is 5.89. The number of carbonyl (C=O) groups excluding carboxylic acids is 1. The Hall–Kier alpha value is -1.62. The molecule has 0 saturated heterocycles. The van der Waals surface area contributed by atoms with Crippen LogP contribution in [0.3, 0.4) is 0 Å². The van der Waals surface area contributed by atoms with Gasteiger partial charge in [0.2, 0.25) is 0 Å².